The van der Waals surface area contributed by atoms with Gasteiger partial charge in [0.05, 0.1) is 17.7 Å². The molecule has 3 atom stereocenters. The van der Waals surface area contributed by atoms with E-state index in [-0.39, 0.29) is 35.4 Å². The van der Waals surface area contributed by atoms with Gasteiger partial charge in [0.25, 0.3) is 0 Å². The topological polar surface area (TPSA) is 143 Å². The van der Waals surface area contributed by atoms with Gasteiger partial charge in [0.15, 0.2) is 17.6 Å². The van der Waals surface area contributed by atoms with Gasteiger partial charge in [-0.3, -0.25) is 4.79 Å². The van der Waals surface area contributed by atoms with Crippen molar-refractivity contribution in [1.82, 2.24) is 0 Å². The number of nitroso groups, excluding NO2 is 1. The number of aliphatic hydroxyl groups excluding tert-OH is 2. The molecule has 0 spiro atoms. The summed E-state index contributed by atoms with van der Waals surface area (Å²) in [6.07, 6.45) is 9.02. The van der Waals surface area contributed by atoms with Crippen LogP contribution in [-0.4, -0.2) is 53.7 Å². The molecule has 47 heavy (non-hydrogen) atoms. The van der Waals surface area contributed by atoms with Gasteiger partial charge in [-0.1, -0.05) is 90.8 Å². The summed E-state index contributed by atoms with van der Waals surface area (Å²) in [4.78, 5) is 52.8. The van der Waals surface area contributed by atoms with Crippen molar-refractivity contribution in [3.8, 4) is 0 Å². The van der Waals surface area contributed by atoms with Crippen molar-refractivity contribution in [1.29, 1.82) is 0 Å². The van der Waals surface area contributed by atoms with E-state index in [9.17, 15) is 29.5 Å². The van der Waals surface area contributed by atoms with Crippen LogP contribution in [0.5, 0.6) is 0 Å². The molecule has 0 aliphatic carbocycles. The maximum absolute atomic E-state index is 13.8. The van der Waals surface area contributed by atoms with Gasteiger partial charge in [-0.2, -0.15) is 0 Å². The Balaban J connectivity index is 1.84. The van der Waals surface area contributed by atoms with E-state index < -0.39 is 35.3 Å². The maximum atomic E-state index is 13.8. The zero-order valence-corrected chi connectivity index (χ0v) is 28.2. The van der Waals surface area contributed by atoms with Crippen LogP contribution in [0.1, 0.15) is 118 Å². The fourth-order valence-electron chi connectivity index (χ4n) is 5.95. The lowest BCUT2D eigenvalue weighted by molar-refractivity contribution is -0.142. The zero-order valence-electron chi connectivity index (χ0n) is 28.2. The van der Waals surface area contributed by atoms with E-state index in [1.165, 1.54) is 31.4 Å². The average Bonchev–Trinajstić information content (AvgIpc) is 3.34. The number of unbranched alkanes of at least 4 members (excludes halogenated alkanes) is 3. The lowest BCUT2D eigenvalue weighted by Crippen LogP contribution is -2.34. The molecule has 1 aliphatic rings. The van der Waals surface area contributed by atoms with E-state index in [1.54, 1.807) is 24.3 Å². The van der Waals surface area contributed by atoms with Gasteiger partial charge in [0.1, 0.15) is 5.69 Å². The van der Waals surface area contributed by atoms with E-state index in [2.05, 4.69) is 37.8 Å². The van der Waals surface area contributed by atoms with Crippen molar-refractivity contribution < 1.29 is 34.1 Å². The highest BCUT2D eigenvalue weighted by Gasteiger charge is 2.34. The number of hydrogen-bond acceptors (Lipinski definition) is 10. The summed E-state index contributed by atoms with van der Waals surface area (Å²) >= 11 is 0. The molecule has 0 saturated carbocycles. The van der Waals surface area contributed by atoms with Crippen molar-refractivity contribution in [3.63, 3.8) is 0 Å². The number of ether oxygens (including phenoxy) is 2. The molecule has 0 bridgehead atoms. The van der Waals surface area contributed by atoms with Crippen molar-refractivity contribution in [2.75, 3.05) is 24.6 Å². The van der Waals surface area contributed by atoms with Gasteiger partial charge in [-0.05, 0) is 54.1 Å². The molecule has 1 heterocycles. The van der Waals surface area contributed by atoms with Crippen LogP contribution >= 0.6 is 0 Å². The van der Waals surface area contributed by atoms with Gasteiger partial charge in [0.2, 0.25) is 5.76 Å². The van der Waals surface area contributed by atoms with Gasteiger partial charge < -0.3 is 24.6 Å². The second-order valence-electron chi connectivity index (χ2n) is 12.3. The van der Waals surface area contributed by atoms with Crippen LogP contribution in [0.25, 0.3) is 0 Å². The fourth-order valence-corrected chi connectivity index (χ4v) is 5.95. The molecule has 3 rings (SSSR count). The molecule has 10 nitrogen and oxygen atoms in total. The number of cyclic esters (lactones) is 1. The van der Waals surface area contributed by atoms with Crippen molar-refractivity contribution >= 4 is 29.1 Å². The summed E-state index contributed by atoms with van der Waals surface area (Å²) < 4.78 is 10.1. The highest BCUT2D eigenvalue weighted by molar-refractivity contribution is 6.16. The zero-order chi connectivity index (χ0) is 34.3. The SMILES string of the molecule is CCCCCC(CC)CN(CC(CC)CCCC)c1ccc(C(=O)c2ccccc2C(=O)OCCC2OC(=O)C(O)=C2O)c(N=O)c1. The van der Waals surface area contributed by atoms with E-state index in [4.69, 9.17) is 9.47 Å². The van der Waals surface area contributed by atoms with Gasteiger partial charge in [0, 0.05) is 30.8 Å². The maximum Gasteiger partial charge on any atom is 0.377 e. The first-order valence-corrected chi connectivity index (χ1v) is 17.0. The minimum absolute atomic E-state index is 0.00595. The Morgan fingerprint density at radius 3 is 2.11 bits per heavy atom. The van der Waals surface area contributed by atoms with E-state index in [0.29, 0.717) is 11.8 Å². The monoisotopic (exact) mass is 650 g/mol. The lowest BCUT2D eigenvalue weighted by Gasteiger charge is -2.33. The molecule has 2 aromatic rings. The number of nitrogens with zero attached hydrogens (tertiary/aromatic N) is 2. The summed E-state index contributed by atoms with van der Waals surface area (Å²) in [5, 5.41) is 22.5. The molecule has 0 saturated heterocycles. The molecule has 10 heteroatoms. The van der Waals surface area contributed by atoms with Crippen molar-refractivity contribution in [2.24, 2.45) is 17.0 Å². The Morgan fingerprint density at radius 1 is 0.894 bits per heavy atom. The number of esters is 2. The Morgan fingerprint density at radius 2 is 1.53 bits per heavy atom. The largest absolute Gasteiger partial charge is 0.505 e. The Bertz CT molecular complexity index is 1400. The van der Waals surface area contributed by atoms with Crippen LogP contribution in [0, 0.1) is 16.7 Å². The van der Waals surface area contributed by atoms with Crippen LogP contribution in [0.4, 0.5) is 11.4 Å². The van der Waals surface area contributed by atoms with Crippen LogP contribution in [0.3, 0.4) is 0 Å². The van der Waals surface area contributed by atoms with Gasteiger partial charge in [-0.15, -0.1) is 4.91 Å². The summed E-state index contributed by atoms with van der Waals surface area (Å²) in [5.41, 5.74) is 0.980. The summed E-state index contributed by atoms with van der Waals surface area (Å²) in [5.74, 6) is -2.89. The number of ketones is 1. The van der Waals surface area contributed by atoms with Crippen LogP contribution < -0.4 is 4.90 Å². The third-order valence-electron chi connectivity index (χ3n) is 8.98. The van der Waals surface area contributed by atoms with E-state index in [0.717, 1.165) is 57.3 Å². The average molecular weight is 651 g/mol. The number of carbonyl (C=O) groups is 3. The standard InChI is InChI=1S/C37H50N2O8/c1-5-9-11-15-26(8-4)24-39(23-25(7-3)14-10-6-2)27-18-19-30(31(22-27)38-45)33(40)28-16-12-13-17-29(28)36(43)46-21-20-32-34(41)35(42)37(44)47-32/h12-13,16-19,22,25-26,32,41-42H,5-11,14-15,20-21,23-24H2,1-4H3. The number of rotatable bonds is 21. The molecular weight excluding hydrogens is 600 g/mol. The molecule has 2 aromatic carbocycles. The first-order valence-electron chi connectivity index (χ1n) is 17.0. The van der Waals surface area contributed by atoms with E-state index >= 15 is 0 Å². The highest BCUT2D eigenvalue weighted by atomic mass is 16.6. The first-order chi connectivity index (χ1) is 22.7. The predicted molar refractivity (Wildman–Crippen MR) is 182 cm³/mol. The second kappa shape index (κ2) is 18.8. The van der Waals surface area contributed by atoms with Crippen LogP contribution in [-0.2, 0) is 14.3 Å². The third-order valence-corrected chi connectivity index (χ3v) is 8.98. The molecule has 3 unspecified atom stereocenters. The molecule has 0 amide bonds. The smallest absolute Gasteiger partial charge is 0.377 e. The Hall–Kier alpha value is -4.21. The van der Waals surface area contributed by atoms with Crippen LogP contribution in [0.2, 0.25) is 0 Å². The number of aliphatic hydroxyl groups is 2. The Kier molecular flexibility index (Phi) is 14.9. The molecule has 1 aliphatic heterocycles. The Labute approximate surface area is 278 Å². The molecular formula is C37H50N2O8. The summed E-state index contributed by atoms with van der Waals surface area (Å²) in [7, 11) is 0. The number of anilines is 1. The normalized spacial score (nSPS) is 15.7. The van der Waals surface area contributed by atoms with Gasteiger partial charge in [-0.25, -0.2) is 9.59 Å². The second-order valence-corrected chi connectivity index (χ2v) is 12.3. The first kappa shape index (κ1) is 37.2. The number of carbonyl (C=O) groups excluding carboxylic acids is 3. The quantitative estimate of drug-likeness (QED) is 0.0586. The van der Waals surface area contributed by atoms with E-state index in [1.807, 2.05) is 6.07 Å². The van der Waals surface area contributed by atoms with Crippen molar-refractivity contribution in [2.45, 2.75) is 98.0 Å². The molecule has 2 N–H and O–H groups in total. The minimum atomic E-state index is -1.13. The predicted octanol–water partition coefficient (Wildman–Crippen LogP) is 8.74. The highest BCUT2D eigenvalue weighted by Crippen LogP contribution is 2.32. The van der Waals surface area contributed by atoms with Crippen LogP contribution in [0.15, 0.2) is 59.2 Å². The third kappa shape index (κ3) is 10.1. The van der Waals surface area contributed by atoms with Crippen molar-refractivity contribution in [3.05, 3.63) is 75.6 Å². The number of hydrogen-bond donors (Lipinski definition) is 2. The molecule has 0 aromatic heterocycles. The molecule has 256 valence electrons. The molecule has 0 fully saturated rings. The molecule has 0 radical (unpaired) electrons. The summed E-state index contributed by atoms with van der Waals surface area (Å²) in [6, 6.07) is 11.3. The lowest BCUT2D eigenvalue weighted by atomic mass is 9.94. The summed E-state index contributed by atoms with van der Waals surface area (Å²) in [6.45, 7) is 10.3. The fraction of sp³-hybridized carbons (Fsp3) is 0.541. The minimum Gasteiger partial charge on any atom is -0.505 e. The number of benzene rings is 2. The van der Waals surface area contributed by atoms with Gasteiger partial charge >= 0.3 is 11.9 Å².